The van der Waals surface area contributed by atoms with Gasteiger partial charge in [-0.3, -0.25) is 0 Å². The maximum absolute atomic E-state index is 6.04. The molecule has 0 bridgehead atoms. The van der Waals surface area contributed by atoms with Gasteiger partial charge in [0.15, 0.2) is 0 Å². The van der Waals surface area contributed by atoms with Crippen molar-refractivity contribution in [1.29, 1.82) is 0 Å². The minimum Gasteiger partial charge on any atom is -0.322 e. The Morgan fingerprint density at radius 3 is 2.46 bits per heavy atom. The fourth-order valence-corrected chi connectivity index (χ4v) is 1.94. The molecule has 13 heavy (non-hydrogen) atoms. The SMILES string of the molecule is Clc1cccc2c(NBr)cccc12. The Bertz CT molecular complexity index is 442. The molecule has 2 aromatic carbocycles. The van der Waals surface area contributed by atoms with Gasteiger partial charge in [0, 0.05) is 31.9 Å². The van der Waals surface area contributed by atoms with Crippen molar-refractivity contribution in [1.82, 2.24) is 0 Å². The quantitative estimate of drug-likeness (QED) is 0.754. The monoisotopic (exact) mass is 255 g/mol. The summed E-state index contributed by atoms with van der Waals surface area (Å²) in [7, 11) is 0. The highest BCUT2D eigenvalue weighted by molar-refractivity contribution is 9.10. The van der Waals surface area contributed by atoms with E-state index in [0.29, 0.717) is 0 Å². The molecule has 66 valence electrons. The van der Waals surface area contributed by atoms with Crippen molar-refractivity contribution in [2.45, 2.75) is 0 Å². The standard InChI is InChI=1S/C10H7BrClN/c11-13-10-6-2-3-7-8(10)4-1-5-9(7)12/h1-6,13H. The summed E-state index contributed by atoms with van der Waals surface area (Å²) < 4.78 is 2.95. The van der Waals surface area contributed by atoms with E-state index in [-0.39, 0.29) is 0 Å². The molecule has 0 saturated carbocycles. The second-order valence-corrected chi connectivity index (χ2v) is 3.54. The zero-order valence-electron chi connectivity index (χ0n) is 6.72. The molecule has 0 spiro atoms. The minimum absolute atomic E-state index is 0.780. The van der Waals surface area contributed by atoms with Gasteiger partial charge in [-0.1, -0.05) is 35.9 Å². The van der Waals surface area contributed by atoms with E-state index in [2.05, 4.69) is 20.5 Å². The average molecular weight is 257 g/mol. The van der Waals surface area contributed by atoms with Gasteiger partial charge in [0.25, 0.3) is 0 Å². The molecule has 0 radical (unpaired) electrons. The van der Waals surface area contributed by atoms with E-state index in [1.165, 1.54) is 0 Å². The number of hydrogen-bond acceptors (Lipinski definition) is 1. The molecule has 0 heterocycles. The second-order valence-electron chi connectivity index (χ2n) is 2.74. The van der Waals surface area contributed by atoms with Crippen LogP contribution in [0.2, 0.25) is 5.02 Å². The van der Waals surface area contributed by atoms with Gasteiger partial charge in [-0.05, 0) is 12.1 Å². The van der Waals surface area contributed by atoms with Crippen LogP contribution in [-0.2, 0) is 0 Å². The summed E-state index contributed by atoms with van der Waals surface area (Å²) in [6.45, 7) is 0. The Hall–Kier alpha value is -0.730. The first-order valence-corrected chi connectivity index (χ1v) is 5.04. The lowest BCUT2D eigenvalue weighted by Gasteiger charge is -2.04. The van der Waals surface area contributed by atoms with Crippen LogP contribution < -0.4 is 4.34 Å². The number of halogens is 2. The van der Waals surface area contributed by atoms with Crippen LogP contribution in [0, 0.1) is 0 Å². The van der Waals surface area contributed by atoms with E-state index < -0.39 is 0 Å². The summed E-state index contributed by atoms with van der Waals surface area (Å²) in [5.41, 5.74) is 1.03. The summed E-state index contributed by atoms with van der Waals surface area (Å²) in [6, 6.07) is 11.8. The summed E-state index contributed by atoms with van der Waals surface area (Å²) in [5, 5.41) is 2.96. The topological polar surface area (TPSA) is 12.0 Å². The second kappa shape index (κ2) is 3.56. The zero-order chi connectivity index (χ0) is 9.26. The number of rotatable bonds is 1. The number of benzene rings is 2. The van der Waals surface area contributed by atoms with Crippen molar-refractivity contribution >= 4 is 44.2 Å². The molecule has 2 rings (SSSR count). The third-order valence-electron chi connectivity index (χ3n) is 1.97. The van der Waals surface area contributed by atoms with Crippen LogP contribution in [0.3, 0.4) is 0 Å². The van der Waals surface area contributed by atoms with E-state index in [9.17, 15) is 0 Å². The largest absolute Gasteiger partial charge is 0.322 e. The first-order valence-electron chi connectivity index (χ1n) is 3.87. The molecular formula is C10H7BrClN. The predicted molar refractivity (Wildman–Crippen MR) is 61.5 cm³/mol. The van der Waals surface area contributed by atoms with Crippen molar-refractivity contribution in [3.05, 3.63) is 41.4 Å². The predicted octanol–water partition coefficient (Wildman–Crippen LogP) is 4.22. The zero-order valence-corrected chi connectivity index (χ0v) is 9.06. The van der Waals surface area contributed by atoms with E-state index in [4.69, 9.17) is 11.6 Å². The fourth-order valence-electron chi connectivity index (χ4n) is 1.35. The summed E-state index contributed by atoms with van der Waals surface area (Å²) in [6.07, 6.45) is 0. The van der Waals surface area contributed by atoms with E-state index in [0.717, 1.165) is 21.5 Å². The Kier molecular flexibility index (Phi) is 2.42. The lowest BCUT2D eigenvalue weighted by molar-refractivity contribution is 1.73. The average Bonchev–Trinajstić information content (AvgIpc) is 2.18. The highest BCUT2D eigenvalue weighted by Crippen LogP contribution is 2.29. The highest BCUT2D eigenvalue weighted by atomic mass is 79.9. The fraction of sp³-hybridized carbons (Fsp3) is 0. The molecule has 1 N–H and O–H groups in total. The van der Waals surface area contributed by atoms with Gasteiger partial charge in [0.05, 0.1) is 5.69 Å². The Labute approximate surface area is 90.0 Å². The highest BCUT2D eigenvalue weighted by Gasteiger charge is 2.01. The first-order chi connectivity index (χ1) is 6.33. The van der Waals surface area contributed by atoms with Crippen LogP contribution in [0.25, 0.3) is 10.8 Å². The molecule has 0 unspecified atom stereocenters. The van der Waals surface area contributed by atoms with Crippen molar-refractivity contribution in [3.63, 3.8) is 0 Å². The van der Waals surface area contributed by atoms with Crippen LogP contribution in [-0.4, -0.2) is 0 Å². The molecule has 0 aliphatic carbocycles. The van der Waals surface area contributed by atoms with Gasteiger partial charge in [-0.25, -0.2) is 0 Å². The van der Waals surface area contributed by atoms with Crippen molar-refractivity contribution in [2.75, 3.05) is 4.34 Å². The summed E-state index contributed by atoms with van der Waals surface area (Å²) >= 11 is 9.25. The van der Waals surface area contributed by atoms with Crippen LogP contribution in [0.15, 0.2) is 36.4 Å². The Morgan fingerprint density at radius 2 is 1.69 bits per heavy atom. The smallest absolute Gasteiger partial charge is 0.0520 e. The lowest BCUT2D eigenvalue weighted by atomic mass is 10.1. The molecule has 2 aromatic rings. The molecule has 0 aromatic heterocycles. The number of hydrogen-bond donors (Lipinski definition) is 1. The van der Waals surface area contributed by atoms with Crippen molar-refractivity contribution < 1.29 is 0 Å². The van der Waals surface area contributed by atoms with Gasteiger partial charge in [0.2, 0.25) is 0 Å². The number of anilines is 1. The van der Waals surface area contributed by atoms with Crippen LogP contribution >= 0.6 is 27.7 Å². The lowest BCUT2D eigenvalue weighted by Crippen LogP contribution is -1.82. The molecule has 0 fully saturated rings. The maximum atomic E-state index is 6.04. The molecular weight excluding hydrogens is 249 g/mol. The third-order valence-corrected chi connectivity index (χ3v) is 2.73. The van der Waals surface area contributed by atoms with Gasteiger partial charge in [-0.15, -0.1) is 0 Å². The Balaban J connectivity index is 2.84. The van der Waals surface area contributed by atoms with Crippen molar-refractivity contribution in [3.8, 4) is 0 Å². The number of fused-ring (bicyclic) bond motifs is 1. The molecule has 3 heteroatoms. The van der Waals surface area contributed by atoms with E-state index >= 15 is 0 Å². The van der Waals surface area contributed by atoms with Crippen molar-refractivity contribution in [2.24, 2.45) is 0 Å². The summed E-state index contributed by atoms with van der Waals surface area (Å²) in [4.78, 5) is 0. The molecule has 0 aliphatic rings. The molecule has 0 atom stereocenters. The van der Waals surface area contributed by atoms with E-state index in [1.54, 1.807) is 0 Å². The molecule has 0 saturated heterocycles. The Morgan fingerprint density at radius 1 is 1.00 bits per heavy atom. The van der Waals surface area contributed by atoms with Gasteiger partial charge in [0.1, 0.15) is 0 Å². The summed E-state index contributed by atoms with van der Waals surface area (Å²) in [5.74, 6) is 0. The van der Waals surface area contributed by atoms with Crippen LogP contribution in [0.5, 0.6) is 0 Å². The minimum atomic E-state index is 0.780. The normalized spacial score (nSPS) is 10.3. The van der Waals surface area contributed by atoms with Gasteiger partial charge in [-0.2, -0.15) is 0 Å². The van der Waals surface area contributed by atoms with Crippen LogP contribution in [0.1, 0.15) is 0 Å². The molecule has 0 aliphatic heterocycles. The third kappa shape index (κ3) is 1.52. The maximum Gasteiger partial charge on any atom is 0.0520 e. The van der Waals surface area contributed by atoms with Crippen LogP contribution in [0.4, 0.5) is 5.69 Å². The molecule has 0 amide bonds. The van der Waals surface area contributed by atoms with Gasteiger partial charge >= 0.3 is 0 Å². The number of nitrogens with one attached hydrogen (secondary N) is 1. The first kappa shape index (κ1) is 8.85. The van der Waals surface area contributed by atoms with E-state index in [1.807, 2.05) is 36.4 Å². The molecule has 1 nitrogen and oxygen atoms in total. The van der Waals surface area contributed by atoms with Gasteiger partial charge < -0.3 is 4.34 Å².